The molecule has 0 heterocycles. The fourth-order valence-corrected chi connectivity index (χ4v) is 2.62. The Labute approximate surface area is 108 Å². The topological polar surface area (TPSA) is 55.1 Å². The molecule has 3 unspecified atom stereocenters. The predicted octanol–water partition coefficient (Wildman–Crippen LogP) is 1.79. The van der Waals surface area contributed by atoms with Gasteiger partial charge >= 0.3 is 0 Å². The highest BCUT2D eigenvalue weighted by molar-refractivity contribution is 5.87. The van der Waals surface area contributed by atoms with Crippen molar-refractivity contribution >= 4 is 5.91 Å². The minimum Gasteiger partial charge on any atom is -0.351 e. The Morgan fingerprint density at radius 1 is 1.33 bits per heavy atom. The van der Waals surface area contributed by atoms with Crippen LogP contribution in [0.15, 0.2) is 30.3 Å². The van der Waals surface area contributed by atoms with Gasteiger partial charge in [0.05, 0.1) is 5.54 Å². The van der Waals surface area contributed by atoms with Gasteiger partial charge in [-0.25, -0.2) is 0 Å². The number of hydrogen-bond acceptors (Lipinski definition) is 2. The number of rotatable bonds is 4. The number of hydrogen-bond donors (Lipinski definition) is 2. The van der Waals surface area contributed by atoms with E-state index in [0.717, 1.165) is 19.3 Å². The highest BCUT2D eigenvalue weighted by atomic mass is 16.2. The monoisotopic (exact) mass is 244 g/mol. The summed E-state index contributed by atoms with van der Waals surface area (Å²) in [5.74, 6) is 0.880. The average molecular weight is 244 g/mol. The number of carbonyl (C=O) groups excluding carboxylic acids is 1. The first-order valence-corrected chi connectivity index (χ1v) is 6.74. The number of nitrogens with one attached hydrogen (secondary N) is 1. The third-order valence-corrected chi connectivity index (χ3v) is 4.25. The van der Waals surface area contributed by atoms with Gasteiger partial charge in [-0.05, 0) is 37.7 Å². The van der Waals surface area contributed by atoms with Crippen LogP contribution in [-0.2, 0) is 4.79 Å². The van der Waals surface area contributed by atoms with Gasteiger partial charge in [-0.15, -0.1) is 0 Å². The average Bonchev–Trinajstić information content (AvgIpc) is 3.24. The van der Waals surface area contributed by atoms with Crippen LogP contribution in [0, 0.1) is 5.92 Å². The van der Waals surface area contributed by atoms with Crippen LogP contribution in [0.5, 0.6) is 0 Å². The van der Waals surface area contributed by atoms with Gasteiger partial charge in [0, 0.05) is 12.0 Å². The minimum absolute atomic E-state index is 0.0217. The molecule has 1 amide bonds. The summed E-state index contributed by atoms with van der Waals surface area (Å²) in [6.07, 6.45) is 3.22. The van der Waals surface area contributed by atoms with Crippen molar-refractivity contribution in [1.82, 2.24) is 5.32 Å². The molecule has 0 bridgehead atoms. The fraction of sp³-hybridized carbons (Fsp3) is 0.533. The fourth-order valence-electron chi connectivity index (χ4n) is 2.62. The van der Waals surface area contributed by atoms with E-state index in [0.29, 0.717) is 11.8 Å². The Bertz CT molecular complexity index is 451. The van der Waals surface area contributed by atoms with Crippen molar-refractivity contribution in [3.8, 4) is 0 Å². The number of nitrogens with two attached hydrogens (primary N) is 1. The van der Waals surface area contributed by atoms with Crippen LogP contribution in [-0.4, -0.2) is 17.5 Å². The van der Waals surface area contributed by atoms with Gasteiger partial charge in [-0.1, -0.05) is 30.3 Å². The molecule has 2 aliphatic rings. The lowest BCUT2D eigenvalue weighted by atomic mass is 9.96. The summed E-state index contributed by atoms with van der Waals surface area (Å²) in [5.41, 5.74) is 6.75. The molecular formula is C15H20N2O. The summed E-state index contributed by atoms with van der Waals surface area (Å²) in [7, 11) is 0. The van der Waals surface area contributed by atoms with E-state index in [1.54, 1.807) is 0 Å². The minimum atomic E-state index is -0.677. The van der Waals surface area contributed by atoms with Gasteiger partial charge in [0.2, 0.25) is 5.91 Å². The molecule has 3 N–H and O–H groups in total. The standard InChI is InChI=1S/C15H20N2O/c1-15(16,11-7-8-11)14(18)17-13-9-12(13)10-5-3-2-4-6-10/h2-6,11-13H,7-9,16H2,1H3,(H,17,18). The lowest BCUT2D eigenvalue weighted by Gasteiger charge is -2.23. The van der Waals surface area contributed by atoms with Crippen molar-refractivity contribution in [2.45, 2.75) is 43.7 Å². The molecule has 0 spiro atoms. The Kier molecular flexibility index (Phi) is 2.67. The maximum atomic E-state index is 12.1. The zero-order valence-corrected chi connectivity index (χ0v) is 10.7. The molecule has 2 aliphatic carbocycles. The molecule has 0 aliphatic heterocycles. The third-order valence-electron chi connectivity index (χ3n) is 4.25. The summed E-state index contributed by atoms with van der Waals surface area (Å²) >= 11 is 0. The Balaban J connectivity index is 1.58. The SMILES string of the molecule is CC(N)(C(=O)NC1CC1c1ccccc1)C1CC1. The van der Waals surface area contributed by atoms with Crippen molar-refractivity contribution in [2.75, 3.05) is 0 Å². The quantitative estimate of drug-likeness (QED) is 0.848. The molecular weight excluding hydrogens is 224 g/mol. The second-order valence-corrected chi connectivity index (χ2v) is 5.89. The van der Waals surface area contributed by atoms with E-state index in [-0.39, 0.29) is 11.9 Å². The van der Waals surface area contributed by atoms with Crippen molar-refractivity contribution in [2.24, 2.45) is 11.7 Å². The largest absolute Gasteiger partial charge is 0.351 e. The van der Waals surface area contributed by atoms with Crippen molar-refractivity contribution in [1.29, 1.82) is 0 Å². The van der Waals surface area contributed by atoms with E-state index < -0.39 is 5.54 Å². The molecule has 2 saturated carbocycles. The van der Waals surface area contributed by atoms with Crippen molar-refractivity contribution in [3.63, 3.8) is 0 Å². The van der Waals surface area contributed by atoms with Crippen LogP contribution in [0.25, 0.3) is 0 Å². The highest BCUT2D eigenvalue weighted by Crippen LogP contribution is 2.42. The first kappa shape index (κ1) is 11.7. The Morgan fingerprint density at radius 3 is 2.61 bits per heavy atom. The van der Waals surface area contributed by atoms with Crippen LogP contribution in [0.2, 0.25) is 0 Å². The van der Waals surface area contributed by atoms with E-state index >= 15 is 0 Å². The maximum absolute atomic E-state index is 12.1. The first-order valence-electron chi connectivity index (χ1n) is 6.74. The number of amides is 1. The molecule has 96 valence electrons. The summed E-state index contributed by atoms with van der Waals surface area (Å²) in [4.78, 5) is 12.1. The van der Waals surface area contributed by atoms with Crippen LogP contribution >= 0.6 is 0 Å². The van der Waals surface area contributed by atoms with Gasteiger partial charge in [-0.3, -0.25) is 4.79 Å². The second kappa shape index (κ2) is 4.09. The number of benzene rings is 1. The third kappa shape index (κ3) is 2.15. The molecule has 3 rings (SSSR count). The van der Waals surface area contributed by atoms with Gasteiger partial charge in [0.25, 0.3) is 0 Å². The Morgan fingerprint density at radius 2 is 2.00 bits per heavy atom. The summed E-state index contributed by atoms with van der Waals surface area (Å²) in [6.45, 7) is 1.86. The molecule has 1 aromatic rings. The van der Waals surface area contributed by atoms with E-state index in [1.165, 1.54) is 5.56 Å². The molecule has 1 aromatic carbocycles. The predicted molar refractivity (Wildman–Crippen MR) is 71.0 cm³/mol. The molecule has 18 heavy (non-hydrogen) atoms. The summed E-state index contributed by atoms with van der Waals surface area (Å²) < 4.78 is 0. The molecule has 3 nitrogen and oxygen atoms in total. The number of carbonyl (C=O) groups is 1. The van der Waals surface area contributed by atoms with Crippen molar-refractivity contribution < 1.29 is 4.79 Å². The van der Waals surface area contributed by atoms with Crippen LogP contribution in [0.3, 0.4) is 0 Å². The normalized spacial score (nSPS) is 29.4. The summed E-state index contributed by atoms with van der Waals surface area (Å²) in [6, 6.07) is 10.6. The van der Waals surface area contributed by atoms with Gasteiger partial charge in [0.1, 0.15) is 0 Å². The highest BCUT2D eigenvalue weighted by Gasteiger charge is 2.47. The molecule has 0 radical (unpaired) electrons. The lowest BCUT2D eigenvalue weighted by Crippen LogP contribution is -2.54. The lowest BCUT2D eigenvalue weighted by molar-refractivity contribution is -0.126. The first-order chi connectivity index (χ1) is 8.59. The van der Waals surface area contributed by atoms with Gasteiger partial charge < -0.3 is 11.1 Å². The second-order valence-electron chi connectivity index (χ2n) is 5.89. The van der Waals surface area contributed by atoms with Gasteiger partial charge in [0.15, 0.2) is 0 Å². The van der Waals surface area contributed by atoms with Crippen LogP contribution in [0.4, 0.5) is 0 Å². The Hall–Kier alpha value is -1.35. The van der Waals surface area contributed by atoms with E-state index in [2.05, 4.69) is 17.4 Å². The van der Waals surface area contributed by atoms with Crippen LogP contribution < -0.4 is 11.1 Å². The van der Waals surface area contributed by atoms with E-state index in [9.17, 15) is 4.79 Å². The van der Waals surface area contributed by atoms with Crippen LogP contribution in [0.1, 0.15) is 37.7 Å². The zero-order valence-electron chi connectivity index (χ0n) is 10.7. The smallest absolute Gasteiger partial charge is 0.240 e. The van der Waals surface area contributed by atoms with Crippen molar-refractivity contribution in [3.05, 3.63) is 35.9 Å². The van der Waals surface area contributed by atoms with E-state index in [4.69, 9.17) is 5.73 Å². The van der Waals surface area contributed by atoms with E-state index in [1.807, 2.05) is 25.1 Å². The van der Waals surface area contributed by atoms with Gasteiger partial charge in [-0.2, -0.15) is 0 Å². The zero-order chi connectivity index (χ0) is 12.8. The molecule has 2 fully saturated rings. The maximum Gasteiger partial charge on any atom is 0.240 e. The molecule has 3 atom stereocenters. The summed E-state index contributed by atoms with van der Waals surface area (Å²) in [5, 5.41) is 3.10. The molecule has 3 heteroatoms. The molecule has 0 aromatic heterocycles. The molecule has 0 saturated heterocycles.